The van der Waals surface area contributed by atoms with Crippen molar-refractivity contribution in [3.05, 3.63) is 0 Å². The first-order valence-electron chi connectivity index (χ1n) is 6.32. The molecule has 0 saturated heterocycles. The maximum absolute atomic E-state index is 12.0. The minimum atomic E-state index is 0.126. The van der Waals surface area contributed by atoms with E-state index >= 15 is 0 Å². The normalized spacial score (nSPS) is 28.6. The van der Waals surface area contributed by atoms with E-state index < -0.39 is 0 Å². The predicted octanol–water partition coefficient (Wildman–Crippen LogP) is 1.52. The Labute approximate surface area is 98.2 Å². The van der Waals surface area contributed by atoms with Gasteiger partial charge in [-0.15, -0.1) is 0 Å². The fraction of sp³-hybridized carbons (Fsp3) is 0.923. The topological polar surface area (TPSA) is 55.1 Å². The van der Waals surface area contributed by atoms with Gasteiger partial charge in [0.2, 0.25) is 5.91 Å². The summed E-state index contributed by atoms with van der Waals surface area (Å²) in [5.74, 6) is 0.984. The standard InChI is InChI=1S/C13H24N2O/c1-12(2)10(13(12,3)4)11(16)15-7-9(14)8-5-6-8/h8-10H,5-7,14H2,1-4H3,(H,15,16). The van der Waals surface area contributed by atoms with Crippen LogP contribution in [0.2, 0.25) is 0 Å². The molecule has 92 valence electrons. The molecule has 2 saturated carbocycles. The van der Waals surface area contributed by atoms with Gasteiger partial charge in [-0.05, 0) is 29.6 Å². The molecule has 0 aromatic carbocycles. The molecule has 0 aliphatic heterocycles. The highest BCUT2D eigenvalue weighted by molar-refractivity contribution is 5.84. The average Bonchev–Trinajstić information content (AvgIpc) is 3.01. The second-order valence-electron chi connectivity index (χ2n) is 6.62. The van der Waals surface area contributed by atoms with Gasteiger partial charge in [0.1, 0.15) is 0 Å². The van der Waals surface area contributed by atoms with Crippen molar-refractivity contribution in [1.29, 1.82) is 0 Å². The predicted molar refractivity (Wildman–Crippen MR) is 64.8 cm³/mol. The van der Waals surface area contributed by atoms with Gasteiger partial charge >= 0.3 is 0 Å². The summed E-state index contributed by atoms with van der Waals surface area (Å²) in [6, 6.07) is 0.161. The van der Waals surface area contributed by atoms with Crippen molar-refractivity contribution in [3.63, 3.8) is 0 Å². The highest BCUT2D eigenvalue weighted by atomic mass is 16.2. The van der Waals surface area contributed by atoms with Crippen LogP contribution < -0.4 is 11.1 Å². The minimum absolute atomic E-state index is 0.126. The monoisotopic (exact) mass is 224 g/mol. The number of nitrogens with two attached hydrogens (primary N) is 1. The molecule has 3 nitrogen and oxygen atoms in total. The summed E-state index contributed by atoms with van der Waals surface area (Å²) in [5.41, 5.74) is 6.22. The highest BCUT2D eigenvalue weighted by Gasteiger charge is 2.68. The van der Waals surface area contributed by atoms with Crippen LogP contribution in [0.25, 0.3) is 0 Å². The minimum Gasteiger partial charge on any atom is -0.354 e. The van der Waals surface area contributed by atoms with Crippen molar-refractivity contribution >= 4 is 5.91 Å². The number of hydrogen-bond donors (Lipinski definition) is 2. The third kappa shape index (κ3) is 1.75. The van der Waals surface area contributed by atoms with Crippen LogP contribution in [0.3, 0.4) is 0 Å². The van der Waals surface area contributed by atoms with Gasteiger partial charge in [-0.2, -0.15) is 0 Å². The smallest absolute Gasteiger partial charge is 0.224 e. The second-order valence-corrected chi connectivity index (χ2v) is 6.62. The Hall–Kier alpha value is -0.570. The molecule has 2 aliphatic rings. The van der Waals surface area contributed by atoms with Crippen LogP contribution in [0.1, 0.15) is 40.5 Å². The Morgan fingerprint density at radius 3 is 2.19 bits per heavy atom. The molecule has 3 heteroatoms. The van der Waals surface area contributed by atoms with Gasteiger partial charge in [0.05, 0.1) is 0 Å². The van der Waals surface area contributed by atoms with E-state index in [0.717, 1.165) is 0 Å². The van der Waals surface area contributed by atoms with Crippen molar-refractivity contribution in [2.45, 2.75) is 46.6 Å². The number of nitrogens with one attached hydrogen (secondary N) is 1. The molecule has 16 heavy (non-hydrogen) atoms. The van der Waals surface area contributed by atoms with Gasteiger partial charge in [0.25, 0.3) is 0 Å². The van der Waals surface area contributed by atoms with E-state index in [9.17, 15) is 4.79 Å². The van der Waals surface area contributed by atoms with E-state index in [2.05, 4.69) is 33.0 Å². The summed E-state index contributed by atoms with van der Waals surface area (Å²) in [6.45, 7) is 9.30. The lowest BCUT2D eigenvalue weighted by atomic mass is 10.0. The molecule has 0 radical (unpaired) electrons. The van der Waals surface area contributed by atoms with E-state index in [1.807, 2.05) is 0 Å². The molecular formula is C13H24N2O. The molecule has 2 fully saturated rings. The van der Waals surface area contributed by atoms with Crippen molar-refractivity contribution in [1.82, 2.24) is 5.32 Å². The van der Waals surface area contributed by atoms with Crippen LogP contribution in [0.4, 0.5) is 0 Å². The Kier molecular flexibility index (Phi) is 2.57. The van der Waals surface area contributed by atoms with Crippen LogP contribution in [-0.4, -0.2) is 18.5 Å². The summed E-state index contributed by atoms with van der Waals surface area (Å²) in [4.78, 5) is 12.0. The number of hydrogen-bond acceptors (Lipinski definition) is 2. The molecule has 1 unspecified atom stereocenters. The molecule has 1 atom stereocenters. The molecule has 0 aromatic rings. The zero-order valence-corrected chi connectivity index (χ0v) is 10.8. The lowest BCUT2D eigenvalue weighted by molar-refractivity contribution is -0.123. The fourth-order valence-corrected chi connectivity index (χ4v) is 2.86. The zero-order valence-electron chi connectivity index (χ0n) is 10.8. The molecular weight excluding hydrogens is 200 g/mol. The second kappa shape index (κ2) is 3.46. The zero-order chi connectivity index (χ0) is 12.1. The van der Waals surface area contributed by atoms with Crippen LogP contribution in [0.15, 0.2) is 0 Å². The van der Waals surface area contributed by atoms with Gasteiger partial charge in [0, 0.05) is 18.5 Å². The molecule has 2 rings (SSSR count). The Morgan fingerprint density at radius 2 is 1.81 bits per heavy atom. The first-order chi connectivity index (χ1) is 7.28. The van der Waals surface area contributed by atoms with E-state index in [1.165, 1.54) is 12.8 Å². The summed E-state index contributed by atoms with van der Waals surface area (Å²) < 4.78 is 0. The number of rotatable bonds is 4. The van der Waals surface area contributed by atoms with Crippen molar-refractivity contribution in [3.8, 4) is 0 Å². The van der Waals surface area contributed by atoms with Gasteiger partial charge in [-0.25, -0.2) is 0 Å². The largest absolute Gasteiger partial charge is 0.354 e. The van der Waals surface area contributed by atoms with Crippen LogP contribution >= 0.6 is 0 Å². The summed E-state index contributed by atoms with van der Waals surface area (Å²) in [7, 11) is 0. The van der Waals surface area contributed by atoms with E-state index in [1.54, 1.807) is 0 Å². The lowest BCUT2D eigenvalue weighted by Crippen LogP contribution is -2.39. The summed E-state index contributed by atoms with van der Waals surface area (Å²) in [5, 5.41) is 3.01. The summed E-state index contributed by atoms with van der Waals surface area (Å²) in [6.07, 6.45) is 2.47. The Bertz CT molecular complexity index is 291. The van der Waals surface area contributed by atoms with Gasteiger partial charge < -0.3 is 11.1 Å². The number of carbonyl (C=O) groups is 1. The maximum Gasteiger partial charge on any atom is 0.224 e. The van der Waals surface area contributed by atoms with Crippen LogP contribution in [-0.2, 0) is 4.79 Å². The van der Waals surface area contributed by atoms with E-state index in [0.29, 0.717) is 12.5 Å². The molecule has 1 amide bonds. The molecule has 0 spiro atoms. The first kappa shape index (κ1) is 11.9. The number of carbonyl (C=O) groups excluding carboxylic acids is 1. The quantitative estimate of drug-likeness (QED) is 0.760. The summed E-state index contributed by atoms with van der Waals surface area (Å²) >= 11 is 0. The molecule has 2 aliphatic carbocycles. The van der Waals surface area contributed by atoms with E-state index in [4.69, 9.17) is 5.73 Å². The molecule has 0 bridgehead atoms. The van der Waals surface area contributed by atoms with Gasteiger partial charge in [-0.1, -0.05) is 27.7 Å². The van der Waals surface area contributed by atoms with Crippen LogP contribution in [0, 0.1) is 22.7 Å². The first-order valence-corrected chi connectivity index (χ1v) is 6.32. The van der Waals surface area contributed by atoms with Crippen molar-refractivity contribution in [2.24, 2.45) is 28.4 Å². The molecule has 0 aromatic heterocycles. The van der Waals surface area contributed by atoms with Crippen molar-refractivity contribution < 1.29 is 4.79 Å². The lowest BCUT2D eigenvalue weighted by Gasteiger charge is -2.12. The van der Waals surface area contributed by atoms with E-state index in [-0.39, 0.29) is 28.7 Å². The Morgan fingerprint density at radius 1 is 1.31 bits per heavy atom. The fourth-order valence-electron chi connectivity index (χ4n) is 2.86. The SMILES string of the molecule is CC1(C)C(C(=O)NCC(N)C2CC2)C1(C)C. The Balaban J connectivity index is 1.81. The average molecular weight is 224 g/mol. The molecule has 3 N–H and O–H groups in total. The molecule has 0 heterocycles. The van der Waals surface area contributed by atoms with Crippen molar-refractivity contribution in [2.75, 3.05) is 6.54 Å². The van der Waals surface area contributed by atoms with Gasteiger partial charge in [0.15, 0.2) is 0 Å². The number of amides is 1. The third-order valence-electron chi connectivity index (χ3n) is 5.02. The van der Waals surface area contributed by atoms with Crippen LogP contribution in [0.5, 0.6) is 0 Å². The maximum atomic E-state index is 12.0. The third-order valence-corrected chi connectivity index (χ3v) is 5.02. The van der Waals surface area contributed by atoms with Gasteiger partial charge in [-0.3, -0.25) is 4.79 Å². The highest BCUT2D eigenvalue weighted by Crippen LogP contribution is 2.68.